The van der Waals surface area contributed by atoms with Gasteiger partial charge < -0.3 is 14.7 Å². The third-order valence-electron chi connectivity index (χ3n) is 4.93. The van der Waals surface area contributed by atoms with E-state index in [1.807, 2.05) is 47.9 Å². The Morgan fingerprint density at radius 3 is 2.53 bits per heavy atom. The molecule has 1 unspecified atom stereocenters. The summed E-state index contributed by atoms with van der Waals surface area (Å²) in [5, 5.41) is 7.12. The zero-order chi connectivity index (χ0) is 23.5. The van der Waals surface area contributed by atoms with Gasteiger partial charge >= 0.3 is 12.1 Å². The molecule has 2 fully saturated rings. The molecule has 3 heterocycles. The second-order valence-electron chi connectivity index (χ2n) is 7.56. The third-order valence-corrected chi connectivity index (χ3v) is 6.51. The molecule has 0 radical (unpaired) electrons. The maximum absolute atomic E-state index is 13.7. The molecule has 4 rings (SSSR count). The van der Waals surface area contributed by atoms with Crippen LogP contribution >= 0.6 is 11.8 Å². The molecule has 0 bridgehead atoms. The minimum atomic E-state index is -5.08. The number of hydrogen-bond acceptors (Lipinski definition) is 5. The minimum absolute atomic E-state index is 0.0371. The van der Waals surface area contributed by atoms with Crippen LogP contribution in [0.15, 0.2) is 42.6 Å². The van der Waals surface area contributed by atoms with E-state index < -0.39 is 18.0 Å². The molecule has 2 aliphatic rings. The van der Waals surface area contributed by atoms with E-state index in [1.54, 1.807) is 6.07 Å². The maximum Gasteiger partial charge on any atom is 0.490 e. The minimum Gasteiger partial charge on any atom is -0.475 e. The van der Waals surface area contributed by atoms with Gasteiger partial charge in [0.15, 0.2) is 5.82 Å². The number of nitrogens with zero attached hydrogens (tertiary/aromatic N) is 2. The predicted molar refractivity (Wildman–Crippen MR) is 109 cm³/mol. The highest BCUT2D eigenvalue weighted by Gasteiger charge is 2.51. The molecule has 6 nitrogen and oxygen atoms in total. The van der Waals surface area contributed by atoms with Crippen LogP contribution in [-0.4, -0.2) is 62.7 Å². The lowest BCUT2D eigenvalue weighted by Gasteiger charge is -2.47. The van der Waals surface area contributed by atoms with Crippen LogP contribution in [0.25, 0.3) is 0 Å². The number of benzene rings is 1. The summed E-state index contributed by atoms with van der Waals surface area (Å²) in [6.07, 6.45) is -2.81. The van der Waals surface area contributed by atoms with E-state index in [4.69, 9.17) is 14.6 Å². The number of rotatable bonds is 3. The SMILES string of the molecule is Cc1cccc(C(=O)N2CC3(CC(Oc4ncccc4F)CS3)C2)c1.O=C(O)C(F)(F)F. The Hall–Kier alpha value is -2.82. The second-order valence-corrected chi connectivity index (χ2v) is 9.05. The van der Waals surface area contributed by atoms with Gasteiger partial charge in [0.25, 0.3) is 11.8 Å². The molecular formula is C21H20F4N2O4S. The Morgan fingerprint density at radius 1 is 1.25 bits per heavy atom. The monoisotopic (exact) mass is 472 g/mol. The van der Waals surface area contributed by atoms with Crippen molar-refractivity contribution in [2.75, 3.05) is 18.8 Å². The zero-order valence-corrected chi connectivity index (χ0v) is 17.8. The Morgan fingerprint density at radius 2 is 1.94 bits per heavy atom. The summed E-state index contributed by atoms with van der Waals surface area (Å²) in [6.45, 7) is 3.42. The first kappa shape index (κ1) is 23.8. The normalized spacial score (nSPS) is 19.0. The molecule has 1 aromatic heterocycles. The number of aliphatic carboxylic acids is 1. The van der Waals surface area contributed by atoms with Gasteiger partial charge in [0.05, 0.1) is 4.75 Å². The first-order chi connectivity index (χ1) is 15.0. The molecule has 32 heavy (non-hydrogen) atoms. The van der Waals surface area contributed by atoms with E-state index in [9.17, 15) is 22.4 Å². The molecule has 172 valence electrons. The van der Waals surface area contributed by atoms with Gasteiger partial charge in [-0.25, -0.2) is 14.2 Å². The van der Waals surface area contributed by atoms with Crippen molar-refractivity contribution in [1.82, 2.24) is 9.88 Å². The maximum atomic E-state index is 13.7. The average Bonchev–Trinajstić information content (AvgIpc) is 3.12. The fraction of sp³-hybridized carbons (Fsp3) is 0.381. The highest BCUT2D eigenvalue weighted by molar-refractivity contribution is 8.01. The molecule has 1 amide bonds. The quantitative estimate of drug-likeness (QED) is 0.682. The van der Waals surface area contributed by atoms with Crippen molar-refractivity contribution in [3.63, 3.8) is 0 Å². The van der Waals surface area contributed by atoms with Gasteiger partial charge in [-0.2, -0.15) is 13.2 Å². The van der Waals surface area contributed by atoms with E-state index in [1.165, 1.54) is 12.3 Å². The van der Waals surface area contributed by atoms with Gasteiger partial charge in [-0.05, 0) is 31.2 Å². The molecule has 1 spiro atoms. The van der Waals surface area contributed by atoms with Crippen molar-refractivity contribution in [3.05, 3.63) is 59.5 Å². The van der Waals surface area contributed by atoms with Crippen LogP contribution in [0.2, 0.25) is 0 Å². The standard InChI is InChI=1S/C19H19FN2O2S.C2HF3O2/c1-13-4-2-5-14(8-13)18(23)22-11-19(12-22)9-15(10-25-19)24-17-16(20)6-3-7-21-17;3-2(4,5)1(6)7/h2-8,15H,9-12H2,1H3;(H,6,7). The molecule has 0 saturated carbocycles. The van der Waals surface area contributed by atoms with Crippen LogP contribution in [0.1, 0.15) is 22.3 Å². The van der Waals surface area contributed by atoms with Crippen LogP contribution in [0, 0.1) is 12.7 Å². The van der Waals surface area contributed by atoms with Gasteiger partial charge in [0.2, 0.25) is 0 Å². The highest BCUT2D eigenvalue weighted by atomic mass is 32.2. The first-order valence-electron chi connectivity index (χ1n) is 9.56. The summed E-state index contributed by atoms with van der Waals surface area (Å²) in [7, 11) is 0. The van der Waals surface area contributed by atoms with E-state index in [0.29, 0.717) is 0 Å². The molecule has 2 aliphatic heterocycles. The van der Waals surface area contributed by atoms with Crippen molar-refractivity contribution in [2.24, 2.45) is 0 Å². The molecular weight excluding hydrogens is 452 g/mol. The number of alkyl halides is 3. The van der Waals surface area contributed by atoms with Crippen LogP contribution in [0.4, 0.5) is 17.6 Å². The molecule has 11 heteroatoms. The summed E-state index contributed by atoms with van der Waals surface area (Å²) in [6, 6.07) is 10.6. The number of carbonyl (C=O) groups excluding carboxylic acids is 1. The van der Waals surface area contributed by atoms with Crippen LogP contribution in [-0.2, 0) is 4.79 Å². The number of halogens is 4. The highest BCUT2D eigenvalue weighted by Crippen LogP contribution is 2.46. The van der Waals surface area contributed by atoms with Gasteiger partial charge in [-0.1, -0.05) is 17.7 Å². The van der Waals surface area contributed by atoms with Gasteiger partial charge in [0, 0.05) is 37.0 Å². The van der Waals surface area contributed by atoms with Crippen molar-refractivity contribution in [3.8, 4) is 5.88 Å². The van der Waals surface area contributed by atoms with E-state index in [0.717, 1.165) is 36.4 Å². The van der Waals surface area contributed by atoms with Gasteiger partial charge in [0.1, 0.15) is 6.10 Å². The predicted octanol–water partition coefficient (Wildman–Crippen LogP) is 3.94. The Bertz CT molecular complexity index is 996. The summed E-state index contributed by atoms with van der Waals surface area (Å²) in [4.78, 5) is 27.3. The molecule has 2 aromatic rings. The van der Waals surface area contributed by atoms with E-state index >= 15 is 0 Å². The smallest absolute Gasteiger partial charge is 0.475 e. The molecule has 1 aromatic carbocycles. The topological polar surface area (TPSA) is 79.7 Å². The Labute approximate surface area is 185 Å². The van der Waals surface area contributed by atoms with Crippen molar-refractivity contribution >= 4 is 23.6 Å². The number of carboxylic acid groups (broad SMARTS) is 1. The van der Waals surface area contributed by atoms with Crippen LogP contribution in [0.5, 0.6) is 5.88 Å². The first-order valence-corrected chi connectivity index (χ1v) is 10.5. The van der Waals surface area contributed by atoms with Crippen LogP contribution < -0.4 is 4.74 Å². The Kier molecular flexibility index (Phi) is 6.97. The average molecular weight is 472 g/mol. The number of ether oxygens (including phenoxy) is 1. The summed E-state index contributed by atoms with van der Waals surface area (Å²) in [5.41, 5.74) is 1.82. The lowest BCUT2D eigenvalue weighted by Crippen LogP contribution is -2.60. The van der Waals surface area contributed by atoms with Crippen molar-refractivity contribution < 1.29 is 37.0 Å². The number of thioether (sulfide) groups is 1. The van der Waals surface area contributed by atoms with Crippen molar-refractivity contribution in [1.29, 1.82) is 0 Å². The summed E-state index contributed by atoms with van der Waals surface area (Å²) < 4.78 is 51.2. The number of aromatic nitrogens is 1. The number of hydrogen-bond donors (Lipinski definition) is 1. The fourth-order valence-corrected chi connectivity index (χ4v) is 4.99. The zero-order valence-electron chi connectivity index (χ0n) is 16.9. The second kappa shape index (κ2) is 9.35. The lowest BCUT2D eigenvalue weighted by atomic mass is 9.92. The number of likely N-dealkylation sites (tertiary alicyclic amines) is 1. The number of pyridine rings is 1. The van der Waals surface area contributed by atoms with E-state index in [2.05, 4.69) is 4.98 Å². The number of carboxylic acids is 1. The van der Waals surface area contributed by atoms with Gasteiger partial charge in [-0.3, -0.25) is 4.79 Å². The van der Waals surface area contributed by atoms with E-state index in [-0.39, 0.29) is 22.6 Å². The van der Waals surface area contributed by atoms with Gasteiger partial charge in [-0.15, -0.1) is 11.8 Å². The third kappa shape index (κ3) is 5.70. The summed E-state index contributed by atoms with van der Waals surface area (Å²) >= 11 is 1.82. The number of amides is 1. The fourth-order valence-electron chi connectivity index (χ4n) is 3.47. The summed E-state index contributed by atoms with van der Waals surface area (Å²) in [5.74, 6) is -2.25. The molecule has 1 N–H and O–H groups in total. The van der Waals surface area contributed by atoms with Crippen molar-refractivity contribution in [2.45, 2.75) is 30.4 Å². The molecule has 0 aliphatic carbocycles. The number of aryl methyl sites for hydroxylation is 1. The van der Waals surface area contributed by atoms with Crippen LogP contribution in [0.3, 0.4) is 0 Å². The lowest BCUT2D eigenvalue weighted by molar-refractivity contribution is -0.192. The molecule has 2 saturated heterocycles. The largest absolute Gasteiger partial charge is 0.490 e. The number of carbonyl (C=O) groups is 2. The Balaban J connectivity index is 0.000000360. The molecule has 1 atom stereocenters.